The number of benzene rings is 2. The van der Waals surface area contributed by atoms with Gasteiger partial charge >= 0.3 is 11.9 Å². The number of ether oxygens (including phenoxy) is 2. The summed E-state index contributed by atoms with van der Waals surface area (Å²) in [4.78, 5) is 49.4. The molecule has 0 N–H and O–H groups in total. The lowest BCUT2D eigenvalue weighted by Crippen LogP contribution is -2.24. The first-order valence-corrected chi connectivity index (χ1v) is 9.07. The van der Waals surface area contributed by atoms with E-state index in [1.807, 2.05) is 0 Å². The van der Waals surface area contributed by atoms with Gasteiger partial charge in [-0.3, -0.25) is 19.8 Å². The molecule has 0 aromatic heterocycles. The zero-order valence-electron chi connectivity index (χ0n) is 16.9. The summed E-state index contributed by atoms with van der Waals surface area (Å²) in [6.07, 6.45) is 1.30. The third kappa shape index (κ3) is 3.93. The van der Waals surface area contributed by atoms with Gasteiger partial charge in [-0.15, -0.1) is 0 Å². The van der Waals surface area contributed by atoms with Crippen LogP contribution >= 0.6 is 0 Å². The molecule has 1 amide bonds. The van der Waals surface area contributed by atoms with Crippen LogP contribution in [-0.2, 0) is 19.1 Å². The first-order valence-electron chi connectivity index (χ1n) is 9.07. The lowest BCUT2D eigenvalue weighted by Gasteiger charge is -2.18. The molecule has 0 unspecified atom stereocenters. The van der Waals surface area contributed by atoms with Gasteiger partial charge in [0.1, 0.15) is 0 Å². The van der Waals surface area contributed by atoms with Gasteiger partial charge in [-0.1, -0.05) is 12.1 Å². The van der Waals surface area contributed by atoms with E-state index in [0.29, 0.717) is 16.9 Å². The van der Waals surface area contributed by atoms with Crippen LogP contribution in [0.2, 0.25) is 0 Å². The Labute approximate surface area is 177 Å². The molecule has 158 valence electrons. The Balaban J connectivity index is 2.13. The SMILES string of the molecule is COC(=O)C1=C(C)N(c2ccc(C(=O)OC)cc2)C(=O)/C1=C\c1ccccc1[N+](=O)[O-]. The molecule has 31 heavy (non-hydrogen) atoms. The second-order valence-electron chi connectivity index (χ2n) is 6.50. The van der Waals surface area contributed by atoms with E-state index < -0.39 is 22.8 Å². The van der Waals surface area contributed by atoms with E-state index in [2.05, 4.69) is 4.74 Å². The summed E-state index contributed by atoms with van der Waals surface area (Å²) in [5.41, 5.74) is 0.940. The molecule has 1 heterocycles. The Morgan fingerprint density at radius 2 is 1.61 bits per heavy atom. The van der Waals surface area contributed by atoms with E-state index in [0.717, 1.165) is 0 Å². The summed E-state index contributed by atoms with van der Waals surface area (Å²) in [6, 6.07) is 11.9. The van der Waals surface area contributed by atoms with Crippen molar-refractivity contribution in [3.05, 3.63) is 86.6 Å². The monoisotopic (exact) mass is 422 g/mol. The standard InChI is InChI=1S/C22H18N2O7/c1-13-19(22(27)31-3)17(12-15-6-4-5-7-18(15)24(28)29)20(25)23(13)16-10-8-14(9-11-16)21(26)30-2/h4-12H,1-3H3/b17-12-. The van der Waals surface area contributed by atoms with Crippen LogP contribution in [0.5, 0.6) is 0 Å². The Hall–Kier alpha value is -4.27. The van der Waals surface area contributed by atoms with Crippen LogP contribution in [0.3, 0.4) is 0 Å². The lowest BCUT2D eigenvalue weighted by molar-refractivity contribution is -0.385. The minimum atomic E-state index is -0.746. The zero-order chi connectivity index (χ0) is 22.7. The largest absolute Gasteiger partial charge is 0.465 e. The smallest absolute Gasteiger partial charge is 0.340 e. The van der Waals surface area contributed by atoms with Crippen molar-refractivity contribution in [1.29, 1.82) is 0 Å². The number of nitrogens with zero attached hydrogens (tertiary/aromatic N) is 2. The summed E-state index contributed by atoms with van der Waals surface area (Å²) in [7, 11) is 2.44. The molecule has 0 bridgehead atoms. The zero-order valence-corrected chi connectivity index (χ0v) is 16.9. The van der Waals surface area contributed by atoms with Crippen LogP contribution < -0.4 is 4.90 Å². The molecule has 0 saturated carbocycles. The molecule has 2 aromatic carbocycles. The Morgan fingerprint density at radius 1 is 1.00 bits per heavy atom. The average molecular weight is 422 g/mol. The first kappa shape index (κ1) is 21.4. The molecule has 0 spiro atoms. The van der Waals surface area contributed by atoms with Crippen molar-refractivity contribution < 1.29 is 28.8 Å². The molecule has 1 aliphatic heterocycles. The van der Waals surface area contributed by atoms with E-state index in [9.17, 15) is 24.5 Å². The van der Waals surface area contributed by atoms with Crippen molar-refractivity contribution >= 4 is 35.3 Å². The van der Waals surface area contributed by atoms with Gasteiger partial charge in [0, 0.05) is 17.5 Å². The number of anilines is 1. The number of para-hydroxylation sites is 1. The molecule has 1 aliphatic rings. The van der Waals surface area contributed by atoms with Crippen molar-refractivity contribution in [3.63, 3.8) is 0 Å². The molecule has 0 atom stereocenters. The number of amides is 1. The average Bonchev–Trinajstić information content (AvgIpc) is 3.02. The van der Waals surface area contributed by atoms with E-state index in [-0.39, 0.29) is 22.4 Å². The molecular formula is C22H18N2O7. The van der Waals surface area contributed by atoms with Crippen molar-refractivity contribution in [2.24, 2.45) is 0 Å². The van der Waals surface area contributed by atoms with Crippen LogP contribution in [0.4, 0.5) is 11.4 Å². The highest BCUT2D eigenvalue weighted by atomic mass is 16.6. The normalized spacial score (nSPS) is 14.7. The predicted molar refractivity (Wildman–Crippen MR) is 111 cm³/mol. The van der Waals surface area contributed by atoms with Gasteiger partial charge in [-0.25, -0.2) is 9.59 Å². The summed E-state index contributed by atoms with van der Waals surface area (Å²) in [5, 5.41) is 11.4. The number of carbonyl (C=O) groups is 3. The summed E-state index contributed by atoms with van der Waals surface area (Å²) in [6.45, 7) is 1.57. The van der Waals surface area contributed by atoms with E-state index in [4.69, 9.17) is 4.74 Å². The maximum absolute atomic E-state index is 13.3. The van der Waals surface area contributed by atoms with Crippen LogP contribution in [-0.4, -0.2) is 37.0 Å². The molecule has 0 radical (unpaired) electrons. The van der Waals surface area contributed by atoms with E-state index in [1.54, 1.807) is 13.0 Å². The highest BCUT2D eigenvalue weighted by Gasteiger charge is 2.38. The fourth-order valence-electron chi connectivity index (χ4n) is 3.29. The van der Waals surface area contributed by atoms with Gasteiger partial charge in [-0.05, 0) is 43.3 Å². The second-order valence-corrected chi connectivity index (χ2v) is 6.50. The molecule has 0 fully saturated rings. The molecular weight excluding hydrogens is 404 g/mol. The number of methoxy groups -OCH3 is 2. The van der Waals surface area contributed by atoms with Gasteiger partial charge < -0.3 is 9.47 Å². The van der Waals surface area contributed by atoms with Crippen molar-refractivity contribution in [2.75, 3.05) is 19.1 Å². The number of nitro benzene ring substituents is 1. The highest BCUT2D eigenvalue weighted by Crippen LogP contribution is 2.36. The molecule has 0 saturated heterocycles. The second kappa shape index (κ2) is 8.62. The number of hydrogen-bond acceptors (Lipinski definition) is 7. The molecule has 0 aliphatic carbocycles. The lowest BCUT2D eigenvalue weighted by atomic mass is 10.0. The highest BCUT2D eigenvalue weighted by molar-refractivity contribution is 6.24. The molecule has 9 heteroatoms. The number of allylic oxidation sites excluding steroid dienone is 1. The predicted octanol–water partition coefficient (Wildman–Crippen LogP) is 3.26. The maximum atomic E-state index is 13.3. The van der Waals surface area contributed by atoms with Gasteiger partial charge in [0.2, 0.25) is 0 Å². The Bertz CT molecular complexity index is 1150. The summed E-state index contributed by atoms with van der Waals surface area (Å²) < 4.78 is 9.50. The van der Waals surface area contributed by atoms with Gasteiger partial charge in [0.15, 0.2) is 0 Å². The molecule has 3 rings (SSSR count). The number of carbonyl (C=O) groups excluding carboxylic acids is 3. The van der Waals surface area contributed by atoms with Crippen LogP contribution in [0.25, 0.3) is 6.08 Å². The van der Waals surface area contributed by atoms with E-state index in [1.165, 1.54) is 67.7 Å². The van der Waals surface area contributed by atoms with Crippen molar-refractivity contribution in [1.82, 2.24) is 0 Å². The van der Waals surface area contributed by atoms with Gasteiger partial charge in [-0.2, -0.15) is 0 Å². The Morgan fingerprint density at radius 3 is 2.19 bits per heavy atom. The maximum Gasteiger partial charge on any atom is 0.340 e. The fraction of sp³-hybridized carbons (Fsp3) is 0.136. The first-order chi connectivity index (χ1) is 14.8. The van der Waals surface area contributed by atoms with Gasteiger partial charge in [0.05, 0.1) is 41.4 Å². The Kier molecular flexibility index (Phi) is 5.96. The summed E-state index contributed by atoms with van der Waals surface area (Å²) >= 11 is 0. The minimum Gasteiger partial charge on any atom is -0.465 e. The third-order valence-electron chi connectivity index (χ3n) is 4.77. The quantitative estimate of drug-likeness (QED) is 0.314. The van der Waals surface area contributed by atoms with Crippen molar-refractivity contribution in [3.8, 4) is 0 Å². The van der Waals surface area contributed by atoms with E-state index >= 15 is 0 Å². The summed E-state index contributed by atoms with van der Waals surface area (Å²) in [5.74, 6) is -1.83. The van der Waals surface area contributed by atoms with Crippen LogP contribution in [0.1, 0.15) is 22.8 Å². The number of esters is 2. The fourth-order valence-corrected chi connectivity index (χ4v) is 3.29. The molecule has 9 nitrogen and oxygen atoms in total. The van der Waals surface area contributed by atoms with Gasteiger partial charge in [0.25, 0.3) is 11.6 Å². The molecule has 2 aromatic rings. The number of rotatable bonds is 5. The van der Waals surface area contributed by atoms with Crippen LogP contribution in [0, 0.1) is 10.1 Å². The number of hydrogen-bond donors (Lipinski definition) is 0. The number of nitro groups is 1. The van der Waals surface area contributed by atoms with Crippen molar-refractivity contribution in [2.45, 2.75) is 6.92 Å². The van der Waals surface area contributed by atoms with Crippen LogP contribution in [0.15, 0.2) is 65.4 Å². The third-order valence-corrected chi connectivity index (χ3v) is 4.77. The minimum absolute atomic E-state index is 0.00250. The topological polar surface area (TPSA) is 116 Å².